The first-order chi connectivity index (χ1) is 32.2. The molecule has 1 fully saturated rings. The molecule has 1 aliphatic rings. The molecule has 0 saturated carbocycles. The second-order valence-electron chi connectivity index (χ2n) is 15.3. The topological polar surface area (TPSA) is 132 Å². The number of nitrogens with one attached hydrogen (secondary N) is 2. The number of rotatable bonds is 11. The molecule has 19 heteroatoms. The van der Waals surface area contributed by atoms with Crippen molar-refractivity contribution in [3.63, 3.8) is 0 Å². The van der Waals surface area contributed by atoms with Crippen LogP contribution in [0.3, 0.4) is 0 Å². The van der Waals surface area contributed by atoms with E-state index in [9.17, 15) is 31.1 Å². The van der Waals surface area contributed by atoms with Crippen LogP contribution >= 0.6 is 11.6 Å². The highest BCUT2D eigenvalue weighted by atomic mass is 35.5. The second-order valence-corrected chi connectivity index (χ2v) is 15.7. The van der Waals surface area contributed by atoms with Gasteiger partial charge in [0.15, 0.2) is 5.69 Å². The van der Waals surface area contributed by atoms with Gasteiger partial charge in [0.2, 0.25) is 0 Å². The molecule has 5 heterocycles. The third kappa shape index (κ3) is 11.7. The average molecular weight is 940 g/mol. The summed E-state index contributed by atoms with van der Waals surface area (Å²) < 4.78 is 86.4. The lowest BCUT2D eigenvalue weighted by Gasteiger charge is -2.34. The maximum atomic E-state index is 13.0. The first-order valence-electron chi connectivity index (χ1n) is 21.0. The Morgan fingerprint density at radius 2 is 1.52 bits per heavy atom. The normalized spacial score (nSPS) is 13.2. The summed E-state index contributed by atoms with van der Waals surface area (Å²) in [7, 11) is 0. The van der Waals surface area contributed by atoms with Crippen molar-refractivity contribution in [2.45, 2.75) is 51.2 Å². The van der Waals surface area contributed by atoms with Crippen molar-refractivity contribution in [1.29, 1.82) is 0 Å². The fourth-order valence-electron chi connectivity index (χ4n) is 7.56. The Hall–Kier alpha value is -7.47. The quantitative estimate of drug-likeness (QED) is 0.121. The molecule has 1 amide bonds. The highest BCUT2D eigenvalue weighted by Gasteiger charge is 2.33. The van der Waals surface area contributed by atoms with E-state index in [0.29, 0.717) is 40.9 Å². The molecule has 8 aromatic rings. The molecule has 1 aliphatic heterocycles. The Morgan fingerprint density at radius 3 is 2.22 bits per heavy atom. The molecule has 67 heavy (non-hydrogen) atoms. The van der Waals surface area contributed by atoms with Crippen molar-refractivity contribution in [1.82, 2.24) is 34.6 Å². The minimum absolute atomic E-state index is 0.200. The van der Waals surface area contributed by atoms with Crippen LogP contribution in [-0.2, 0) is 19.1 Å². The number of amides is 1. The SMILES string of the molecule is CCc1nc2ccc(Cl)cn2c1C(=O)NCc1ccc(N2CCC(c3ccc(OC(F)(F)F)cc3)CC2)cc1.FC(F)(F)c1ccnc(Oc2ccc(Nc3ncnc4ccccc34)cc2)n1. The van der Waals surface area contributed by atoms with Gasteiger partial charge in [-0.15, -0.1) is 13.2 Å². The van der Waals surface area contributed by atoms with E-state index in [0.717, 1.165) is 77.3 Å². The third-order valence-corrected chi connectivity index (χ3v) is 11.1. The number of anilines is 3. The Labute approximate surface area is 384 Å². The molecular weight excluding hydrogens is 900 g/mol. The van der Waals surface area contributed by atoms with Gasteiger partial charge >= 0.3 is 18.5 Å². The summed E-state index contributed by atoms with van der Waals surface area (Å²) >= 11 is 6.14. The van der Waals surface area contributed by atoms with Crippen molar-refractivity contribution >= 4 is 51.3 Å². The van der Waals surface area contributed by atoms with Crippen molar-refractivity contribution in [3.05, 3.63) is 167 Å². The van der Waals surface area contributed by atoms with Crippen LogP contribution in [0.1, 0.15) is 58.7 Å². The predicted octanol–water partition coefficient (Wildman–Crippen LogP) is 11.7. The summed E-state index contributed by atoms with van der Waals surface area (Å²) in [5.41, 5.74) is 5.47. The molecule has 0 spiro atoms. The molecule has 1 saturated heterocycles. The Morgan fingerprint density at radius 1 is 0.806 bits per heavy atom. The lowest BCUT2D eigenvalue weighted by molar-refractivity contribution is -0.274. The van der Waals surface area contributed by atoms with Crippen LogP contribution in [-0.4, -0.2) is 54.7 Å². The van der Waals surface area contributed by atoms with Crippen molar-refractivity contribution < 1.29 is 40.6 Å². The number of pyridine rings is 1. The third-order valence-electron chi connectivity index (χ3n) is 10.8. The van der Waals surface area contributed by atoms with Crippen LogP contribution in [0.5, 0.6) is 17.5 Å². The number of ether oxygens (including phenoxy) is 2. The minimum Gasteiger partial charge on any atom is -0.424 e. The van der Waals surface area contributed by atoms with Crippen molar-refractivity contribution in [2.75, 3.05) is 23.3 Å². The highest BCUT2D eigenvalue weighted by molar-refractivity contribution is 6.30. The van der Waals surface area contributed by atoms with Crippen LogP contribution in [0.4, 0.5) is 43.5 Å². The molecule has 9 rings (SSSR count). The Bertz CT molecular complexity index is 2960. The molecular formula is C48H40ClF6N9O3. The van der Waals surface area contributed by atoms with Gasteiger partial charge in [-0.1, -0.05) is 54.9 Å². The molecule has 0 radical (unpaired) electrons. The fourth-order valence-corrected chi connectivity index (χ4v) is 7.72. The van der Waals surface area contributed by atoms with Crippen LogP contribution < -0.4 is 25.0 Å². The van der Waals surface area contributed by atoms with E-state index in [2.05, 4.69) is 57.3 Å². The van der Waals surface area contributed by atoms with Gasteiger partial charge in [0.05, 0.1) is 16.2 Å². The second kappa shape index (κ2) is 20.0. The molecule has 0 aliphatic carbocycles. The van der Waals surface area contributed by atoms with Crippen molar-refractivity contribution in [3.8, 4) is 17.5 Å². The number of aromatic nitrogens is 6. The number of alkyl halides is 6. The van der Waals surface area contributed by atoms with Gasteiger partial charge in [-0.3, -0.25) is 9.20 Å². The Kier molecular flexibility index (Phi) is 13.7. The van der Waals surface area contributed by atoms with E-state index in [1.807, 2.05) is 43.3 Å². The molecule has 0 bridgehead atoms. The van der Waals surface area contributed by atoms with E-state index >= 15 is 0 Å². The number of benzene rings is 4. The lowest BCUT2D eigenvalue weighted by Crippen LogP contribution is -2.32. The number of carbonyl (C=O) groups excluding carboxylic acids is 1. The summed E-state index contributed by atoms with van der Waals surface area (Å²) in [5, 5.41) is 7.58. The van der Waals surface area contributed by atoms with Crippen LogP contribution in [0, 0.1) is 0 Å². The fraction of sp³-hybridized carbons (Fsp3) is 0.208. The molecule has 2 N–H and O–H groups in total. The number of hydrogen-bond acceptors (Lipinski definition) is 10. The summed E-state index contributed by atoms with van der Waals surface area (Å²) in [6, 6.07) is 32.4. The molecule has 0 atom stereocenters. The first-order valence-corrected chi connectivity index (χ1v) is 21.4. The van der Waals surface area contributed by atoms with Gasteiger partial charge < -0.3 is 25.0 Å². The van der Waals surface area contributed by atoms with Gasteiger partial charge in [-0.2, -0.15) is 18.2 Å². The molecule has 4 aromatic heterocycles. The number of fused-ring (bicyclic) bond motifs is 2. The molecule has 0 unspecified atom stereocenters. The summed E-state index contributed by atoms with van der Waals surface area (Å²) in [6.45, 7) is 4.04. The maximum Gasteiger partial charge on any atom is 0.573 e. The van der Waals surface area contributed by atoms with Gasteiger partial charge in [-0.05, 0) is 115 Å². The number of carbonyl (C=O) groups is 1. The number of hydrogen-bond donors (Lipinski definition) is 2. The predicted molar refractivity (Wildman–Crippen MR) is 241 cm³/mol. The van der Waals surface area contributed by atoms with Crippen LogP contribution in [0.15, 0.2) is 134 Å². The minimum atomic E-state index is -4.68. The smallest absolute Gasteiger partial charge is 0.424 e. The number of aryl methyl sites for hydroxylation is 1. The zero-order valence-corrected chi connectivity index (χ0v) is 36.3. The zero-order chi connectivity index (χ0) is 47.1. The maximum absolute atomic E-state index is 13.0. The zero-order valence-electron chi connectivity index (χ0n) is 35.5. The van der Waals surface area contributed by atoms with E-state index in [4.69, 9.17) is 16.3 Å². The number of halogens is 7. The Balaban J connectivity index is 0.000000192. The largest absolute Gasteiger partial charge is 0.573 e. The van der Waals surface area contributed by atoms with Crippen molar-refractivity contribution in [2.24, 2.45) is 0 Å². The van der Waals surface area contributed by atoms with Crippen LogP contribution in [0.2, 0.25) is 5.02 Å². The van der Waals surface area contributed by atoms with Gasteiger partial charge in [0.25, 0.3) is 5.91 Å². The first kappa shape index (κ1) is 46.1. The number of para-hydroxylation sites is 1. The molecule has 344 valence electrons. The van der Waals surface area contributed by atoms with E-state index in [1.165, 1.54) is 18.5 Å². The molecule has 12 nitrogen and oxygen atoms in total. The monoisotopic (exact) mass is 939 g/mol. The summed E-state index contributed by atoms with van der Waals surface area (Å²) in [5.74, 6) is 0.829. The number of piperidine rings is 1. The average Bonchev–Trinajstić information content (AvgIpc) is 3.69. The van der Waals surface area contributed by atoms with Gasteiger partial charge in [0.1, 0.15) is 35.0 Å². The van der Waals surface area contributed by atoms with E-state index in [1.54, 1.807) is 59.1 Å². The standard InChI is InChI=1S/C29H28ClF3N4O2.C19H12F3N5O/c1-2-25-27(37-18-22(30)7-12-26(37)35-25)28(38)34-17-19-3-8-23(9-4-19)36-15-13-21(14-16-36)20-5-10-24(11-6-20)39-29(31,32)33;20-19(21,22)16-9-10-23-18(27-16)28-13-7-5-12(6-8-13)26-17-14-3-1-2-4-15(14)24-11-25-17/h3-12,18,21H,2,13-17H2,1H3,(H,34,38);1-11H,(H,24,25,26). The lowest BCUT2D eigenvalue weighted by atomic mass is 9.89. The summed E-state index contributed by atoms with van der Waals surface area (Å²) in [4.78, 5) is 35.4. The summed E-state index contributed by atoms with van der Waals surface area (Å²) in [6.07, 6.45) is -2.64. The van der Waals surface area contributed by atoms with E-state index < -0.39 is 18.2 Å². The highest BCUT2D eigenvalue weighted by Crippen LogP contribution is 2.33. The van der Waals surface area contributed by atoms with Gasteiger partial charge in [0, 0.05) is 48.8 Å². The molecule has 4 aromatic carbocycles. The number of imidazole rings is 1. The number of nitrogens with zero attached hydrogens (tertiary/aromatic N) is 7. The van der Waals surface area contributed by atoms with Crippen LogP contribution in [0.25, 0.3) is 16.6 Å². The van der Waals surface area contributed by atoms with E-state index in [-0.39, 0.29) is 23.6 Å². The van der Waals surface area contributed by atoms with Gasteiger partial charge in [-0.25, -0.2) is 19.9 Å².